The molecule has 0 aromatic carbocycles. The first-order valence-electron chi connectivity index (χ1n) is 3.98. The third-order valence-corrected chi connectivity index (χ3v) is 1.73. The largest absolute Gasteiger partial charge is 0.526 e. The topological polar surface area (TPSA) is 79.4 Å². The second-order valence-electron chi connectivity index (χ2n) is 2.70. The Balaban J connectivity index is 2.34. The van der Waals surface area contributed by atoms with Crippen LogP contribution in [0.25, 0.3) is 11.3 Å². The van der Waals surface area contributed by atoms with Crippen molar-refractivity contribution in [3.63, 3.8) is 0 Å². The van der Waals surface area contributed by atoms with Gasteiger partial charge in [-0.3, -0.25) is 9.97 Å². The van der Waals surface area contributed by atoms with Crippen molar-refractivity contribution >= 4 is 12.8 Å². The van der Waals surface area contributed by atoms with Crippen LogP contribution in [-0.4, -0.2) is 27.1 Å². The highest BCUT2D eigenvalue weighted by Crippen LogP contribution is 2.13. The second-order valence-corrected chi connectivity index (χ2v) is 2.70. The van der Waals surface area contributed by atoms with Crippen molar-refractivity contribution in [2.75, 3.05) is 0 Å². The molecule has 0 aliphatic carbocycles. The van der Waals surface area contributed by atoms with Gasteiger partial charge >= 0.3 is 7.12 Å². The van der Waals surface area contributed by atoms with Crippen molar-refractivity contribution < 1.29 is 14.5 Å². The van der Waals surface area contributed by atoms with Gasteiger partial charge < -0.3 is 14.5 Å². The zero-order valence-electron chi connectivity index (χ0n) is 7.16. The lowest BCUT2D eigenvalue weighted by molar-refractivity contribution is 0.409. The van der Waals surface area contributed by atoms with E-state index in [0.717, 1.165) is 0 Å². The van der Waals surface area contributed by atoms with Gasteiger partial charge in [-0.2, -0.15) is 0 Å². The molecule has 0 saturated heterocycles. The van der Waals surface area contributed by atoms with Crippen LogP contribution in [0.1, 0.15) is 0 Å². The number of rotatable bonds is 2. The first-order valence-corrected chi connectivity index (χ1v) is 3.98. The van der Waals surface area contributed by atoms with Gasteiger partial charge in [0.05, 0.1) is 18.2 Å². The highest BCUT2D eigenvalue weighted by Gasteiger charge is 2.16. The van der Waals surface area contributed by atoms with E-state index in [2.05, 4.69) is 9.97 Å². The highest BCUT2D eigenvalue weighted by molar-refractivity contribution is 6.57. The quantitative estimate of drug-likeness (QED) is 0.619. The fourth-order valence-electron chi connectivity index (χ4n) is 1.07. The number of aromatic nitrogens is 2. The average molecular weight is 190 g/mol. The first-order chi connectivity index (χ1) is 6.77. The molecule has 6 heteroatoms. The smallest absolute Gasteiger partial charge is 0.472 e. The molecule has 2 rings (SSSR count). The fourth-order valence-corrected chi connectivity index (χ4v) is 1.07. The van der Waals surface area contributed by atoms with Crippen molar-refractivity contribution in [1.29, 1.82) is 0 Å². The predicted octanol–water partition coefficient (Wildman–Crippen LogP) is -0.584. The fraction of sp³-hybridized carbons (Fsp3) is 0. The van der Waals surface area contributed by atoms with Crippen LogP contribution in [-0.2, 0) is 0 Å². The molecule has 0 atom stereocenters. The molecule has 0 radical (unpaired) electrons. The van der Waals surface area contributed by atoms with Crippen molar-refractivity contribution in [1.82, 2.24) is 9.97 Å². The number of furan rings is 1. The highest BCUT2D eigenvalue weighted by atomic mass is 16.4. The van der Waals surface area contributed by atoms with Crippen LogP contribution in [0.15, 0.2) is 35.3 Å². The molecule has 0 spiro atoms. The molecular weight excluding hydrogens is 183 g/mol. The molecule has 2 aromatic heterocycles. The molecule has 14 heavy (non-hydrogen) atoms. The van der Waals surface area contributed by atoms with E-state index in [1.54, 1.807) is 18.6 Å². The van der Waals surface area contributed by atoms with E-state index in [0.29, 0.717) is 11.3 Å². The first kappa shape index (κ1) is 8.92. The Bertz CT molecular complexity index is 416. The Morgan fingerprint density at radius 2 is 2.14 bits per heavy atom. The third kappa shape index (κ3) is 1.66. The summed E-state index contributed by atoms with van der Waals surface area (Å²) in [5, 5.41) is 17.6. The zero-order valence-corrected chi connectivity index (χ0v) is 7.16. The summed E-state index contributed by atoms with van der Waals surface area (Å²) in [6.45, 7) is 0. The van der Waals surface area contributed by atoms with E-state index < -0.39 is 7.12 Å². The molecule has 0 amide bonds. The maximum absolute atomic E-state index is 8.81. The van der Waals surface area contributed by atoms with Gasteiger partial charge in [0.2, 0.25) is 0 Å². The SMILES string of the molecule is OB(O)c1cc(-c2cnccn2)co1. The van der Waals surface area contributed by atoms with Gasteiger partial charge in [-0.05, 0) is 6.07 Å². The molecule has 70 valence electrons. The summed E-state index contributed by atoms with van der Waals surface area (Å²) in [6, 6.07) is 1.51. The molecule has 0 aliphatic heterocycles. The van der Waals surface area contributed by atoms with Crippen molar-refractivity contribution in [3.8, 4) is 11.3 Å². The Hall–Kier alpha value is -1.66. The lowest BCUT2D eigenvalue weighted by Crippen LogP contribution is -2.27. The summed E-state index contributed by atoms with van der Waals surface area (Å²) < 4.78 is 4.91. The van der Waals surface area contributed by atoms with Gasteiger partial charge in [0.25, 0.3) is 0 Å². The third-order valence-electron chi connectivity index (χ3n) is 1.73. The standard InChI is InChI=1S/C8H7BN2O3/c12-9(13)8-3-6(5-14-8)7-4-10-1-2-11-7/h1-5,12-13H. The van der Waals surface area contributed by atoms with E-state index in [-0.39, 0.29) is 5.66 Å². The van der Waals surface area contributed by atoms with Crippen LogP contribution < -0.4 is 5.66 Å². The van der Waals surface area contributed by atoms with Crippen molar-refractivity contribution in [2.45, 2.75) is 0 Å². The zero-order chi connectivity index (χ0) is 9.97. The summed E-state index contributed by atoms with van der Waals surface area (Å²) in [5.41, 5.74) is 1.38. The van der Waals surface area contributed by atoms with Gasteiger partial charge in [0.1, 0.15) is 5.66 Å². The summed E-state index contributed by atoms with van der Waals surface area (Å²) >= 11 is 0. The van der Waals surface area contributed by atoms with Gasteiger partial charge in [-0.25, -0.2) is 0 Å². The van der Waals surface area contributed by atoms with Crippen LogP contribution in [0.5, 0.6) is 0 Å². The molecule has 0 bridgehead atoms. The van der Waals surface area contributed by atoms with Crippen LogP contribution in [0, 0.1) is 0 Å². The summed E-state index contributed by atoms with van der Waals surface area (Å²) in [7, 11) is -1.60. The van der Waals surface area contributed by atoms with Crippen molar-refractivity contribution in [3.05, 3.63) is 30.9 Å². The lowest BCUT2D eigenvalue weighted by atomic mass is 9.87. The van der Waals surface area contributed by atoms with Crippen LogP contribution in [0.3, 0.4) is 0 Å². The normalized spacial score (nSPS) is 10.1. The maximum atomic E-state index is 8.81. The van der Waals surface area contributed by atoms with Crippen molar-refractivity contribution in [2.24, 2.45) is 0 Å². The van der Waals surface area contributed by atoms with E-state index in [4.69, 9.17) is 14.5 Å². The molecule has 5 nitrogen and oxygen atoms in total. The summed E-state index contributed by atoms with van der Waals surface area (Å²) in [5.74, 6) is 0. The second kappa shape index (κ2) is 3.61. The molecular formula is C8H7BN2O3. The number of hydrogen-bond donors (Lipinski definition) is 2. The maximum Gasteiger partial charge on any atom is 0.526 e. The van der Waals surface area contributed by atoms with E-state index in [9.17, 15) is 0 Å². The lowest BCUT2D eigenvalue weighted by Gasteiger charge is -1.91. The number of hydrogen-bond acceptors (Lipinski definition) is 5. The van der Waals surface area contributed by atoms with E-state index >= 15 is 0 Å². The minimum Gasteiger partial charge on any atom is -0.472 e. The number of nitrogens with zero attached hydrogens (tertiary/aromatic N) is 2. The summed E-state index contributed by atoms with van der Waals surface area (Å²) in [6.07, 6.45) is 6.08. The van der Waals surface area contributed by atoms with Gasteiger partial charge in [-0.1, -0.05) is 0 Å². The van der Waals surface area contributed by atoms with E-state index in [1.807, 2.05) is 0 Å². The molecule has 0 unspecified atom stereocenters. The average Bonchev–Trinajstić information content (AvgIpc) is 2.68. The molecule has 0 saturated carbocycles. The van der Waals surface area contributed by atoms with Gasteiger partial charge in [0.15, 0.2) is 0 Å². The molecule has 2 heterocycles. The van der Waals surface area contributed by atoms with Crippen LogP contribution in [0.2, 0.25) is 0 Å². The Labute approximate surface area is 80.2 Å². The van der Waals surface area contributed by atoms with Gasteiger partial charge in [0, 0.05) is 18.0 Å². The van der Waals surface area contributed by atoms with Crippen LogP contribution >= 0.6 is 0 Å². The minimum atomic E-state index is -1.60. The Morgan fingerprint density at radius 1 is 1.29 bits per heavy atom. The van der Waals surface area contributed by atoms with Crippen LogP contribution in [0.4, 0.5) is 0 Å². The molecule has 0 aliphatic rings. The van der Waals surface area contributed by atoms with Gasteiger partial charge in [-0.15, -0.1) is 0 Å². The van der Waals surface area contributed by atoms with E-state index in [1.165, 1.54) is 12.3 Å². The monoisotopic (exact) mass is 190 g/mol. The minimum absolute atomic E-state index is 0.0886. The molecule has 2 N–H and O–H groups in total. The molecule has 0 fully saturated rings. The predicted molar refractivity (Wildman–Crippen MR) is 49.6 cm³/mol. The Kier molecular flexibility index (Phi) is 2.30. The summed E-state index contributed by atoms with van der Waals surface area (Å²) in [4.78, 5) is 7.92. The molecule has 2 aromatic rings. The Morgan fingerprint density at radius 3 is 2.71 bits per heavy atom.